The van der Waals surface area contributed by atoms with Crippen molar-refractivity contribution >= 4 is 18.0 Å². The molecule has 0 heterocycles. The number of carbonyl (C=O) groups is 1. The van der Waals surface area contributed by atoms with Crippen LogP contribution in [0.2, 0.25) is 0 Å². The van der Waals surface area contributed by atoms with Crippen LogP contribution in [0.3, 0.4) is 0 Å². The third-order valence-corrected chi connectivity index (χ3v) is 2.66. The lowest BCUT2D eigenvalue weighted by Gasteiger charge is -2.11. The number of carbonyl (C=O) groups excluding carboxylic acids is 1. The van der Waals surface area contributed by atoms with E-state index in [1.165, 1.54) is 0 Å². The molecular formula is C11H11F3O2S. The second-order valence-corrected chi connectivity index (χ2v) is 4.41. The molecule has 0 spiro atoms. The first kappa shape index (κ1) is 13.9. The van der Waals surface area contributed by atoms with Crippen LogP contribution in [0.5, 0.6) is 5.75 Å². The van der Waals surface area contributed by atoms with Crippen molar-refractivity contribution in [1.29, 1.82) is 0 Å². The maximum Gasteiger partial charge on any atom is 0.441 e. The SMILES string of the molecule is Cc1cccc(C=O)c1OCCSC(F)(F)F. The molecule has 1 aromatic carbocycles. The third kappa shape index (κ3) is 4.68. The van der Waals surface area contributed by atoms with Gasteiger partial charge in [-0.1, -0.05) is 12.1 Å². The lowest BCUT2D eigenvalue weighted by molar-refractivity contribution is -0.0329. The molecule has 0 saturated heterocycles. The van der Waals surface area contributed by atoms with Crippen LogP contribution >= 0.6 is 11.8 Å². The highest BCUT2D eigenvalue weighted by atomic mass is 32.2. The lowest BCUT2D eigenvalue weighted by atomic mass is 10.1. The normalized spacial score (nSPS) is 11.3. The van der Waals surface area contributed by atoms with Crippen LogP contribution in [0.4, 0.5) is 13.2 Å². The van der Waals surface area contributed by atoms with Crippen LogP contribution in [-0.2, 0) is 0 Å². The van der Waals surface area contributed by atoms with E-state index in [-0.39, 0.29) is 24.1 Å². The van der Waals surface area contributed by atoms with E-state index in [1.807, 2.05) is 0 Å². The van der Waals surface area contributed by atoms with E-state index in [0.29, 0.717) is 17.6 Å². The molecule has 0 unspecified atom stereocenters. The van der Waals surface area contributed by atoms with Crippen molar-refractivity contribution in [2.75, 3.05) is 12.4 Å². The zero-order valence-electron chi connectivity index (χ0n) is 9.08. The highest BCUT2D eigenvalue weighted by molar-refractivity contribution is 8.00. The molecule has 2 nitrogen and oxygen atoms in total. The number of para-hydroxylation sites is 1. The third-order valence-electron chi connectivity index (χ3n) is 1.96. The van der Waals surface area contributed by atoms with Crippen molar-refractivity contribution in [2.45, 2.75) is 12.4 Å². The summed E-state index contributed by atoms with van der Waals surface area (Å²) in [7, 11) is 0. The van der Waals surface area contributed by atoms with E-state index in [1.54, 1.807) is 25.1 Å². The van der Waals surface area contributed by atoms with E-state index < -0.39 is 5.51 Å². The van der Waals surface area contributed by atoms with Crippen molar-refractivity contribution in [3.05, 3.63) is 29.3 Å². The van der Waals surface area contributed by atoms with E-state index in [4.69, 9.17) is 4.74 Å². The van der Waals surface area contributed by atoms with Gasteiger partial charge in [0.2, 0.25) is 0 Å². The number of aryl methyl sites for hydroxylation is 1. The smallest absolute Gasteiger partial charge is 0.441 e. The van der Waals surface area contributed by atoms with Crippen molar-refractivity contribution in [3.8, 4) is 5.75 Å². The first-order valence-electron chi connectivity index (χ1n) is 4.82. The van der Waals surface area contributed by atoms with Gasteiger partial charge in [-0.2, -0.15) is 13.2 Å². The minimum atomic E-state index is -4.25. The Kier molecular flexibility index (Phi) is 4.86. The van der Waals surface area contributed by atoms with Gasteiger partial charge >= 0.3 is 5.51 Å². The van der Waals surface area contributed by atoms with Gasteiger partial charge in [-0.15, -0.1) is 0 Å². The number of rotatable bonds is 5. The van der Waals surface area contributed by atoms with Crippen LogP contribution in [0.25, 0.3) is 0 Å². The summed E-state index contributed by atoms with van der Waals surface area (Å²) in [6, 6.07) is 4.99. The second kappa shape index (κ2) is 5.95. The molecule has 0 fully saturated rings. The summed E-state index contributed by atoms with van der Waals surface area (Å²) in [6.45, 7) is 1.65. The van der Waals surface area contributed by atoms with Gasteiger partial charge in [0.05, 0.1) is 12.2 Å². The maximum atomic E-state index is 11.9. The molecule has 0 N–H and O–H groups in total. The molecule has 0 amide bonds. The molecule has 0 aliphatic rings. The van der Waals surface area contributed by atoms with Crippen molar-refractivity contribution in [1.82, 2.24) is 0 Å². The van der Waals surface area contributed by atoms with Crippen LogP contribution < -0.4 is 4.74 Å². The summed E-state index contributed by atoms with van der Waals surface area (Å²) < 4.78 is 40.8. The molecular weight excluding hydrogens is 253 g/mol. The molecule has 0 radical (unpaired) electrons. The van der Waals surface area contributed by atoms with Gasteiger partial charge in [0, 0.05) is 5.75 Å². The van der Waals surface area contributed by atoms with Gasteiger partial charge in [0.15, 0.2) is 6.29 Å². The van der Waals surface area contributed by atoms with Gasteiger partial charge in [0.25, 0.3) is 0 Å². The Morgan fingerprint density at radius 2 is 2.12 bits per heavy atom. The molecule has 0 aliphatic heterocycles. The predicted octanol–water partition coefficient (Wildman–Crippen LogP) is 3.44. The maximum absolute atomic E-state index is 11.9. The summed E-state index contributed by atoms with van der Waals surface area (Å²) >= 11 is -0.141. The molecule has 0 aromatic heterocycles. The standard InChI is InChI=1S/C11H11F3O2S/c1-8-3-2-4-9(7-15)10(8)16-5-6-17-11(12,13)14/h2-4,7H,5-6H2,1H3. The monoisotopic (exact) mass is 264 g/mol. The fourth-order valence-corrected chi connectivity index (χ4v) is 1.66. The lowest BCUT2D eigenvalue weighted by Crippen LogP contribution is -2.08. The Morgan fingerprint density at radius 3 is 2.71 bits per heavy atom. The zero-order chi connectivity index (χ0) is 12.9. The molecule has 94 valence electrons. The van der Waals surface area contributed by atoms with Crippen molar-refractivity contribution in [3.63, 3.8) is 0 Å². The summed E-state index contributed by atoms with van der Waals surface area (Å²) in [4.78, 5) is 10.7. The number of benzene rings is 1. The molecule has 0 aliphatic carbocycles. The zero-order valence-corrected chi connectivity index (χ0v) is 9.90. The Bertz CT molecular complexity index is 391. The van der Waals surface area contributed by atoms with Crippen molar-refractivity contribution in [2.24, 2.45) is 0 Å². The predicted molar refractivity (Wildman–Crippen MR) is 60.6 cm³/mol. The number of thioether (sulfide) groups is 1. The minimum Gasteiger partial charge on any atom is -0.492 e. The summed E-state index contributed by atoms with van der Waals surface area (Å²) in [5.41, 5.74) is -3.17. The van der Waals surface area contributed by atoms with Gasteiger partial charge in [0.1, 0.15) is 5.75 Å². The van der Waals surface area contributed by atoms with Gasteiger partial charge in [-0.05, 0) is 30.3 Å². The summed E-state index contributed by atoms with van der Waals surface area (Å²) in [5.74, 6) is 0.154. The average Bonchev–Trinajstić information content (AvgIpc) is 2.24. The summed E-state index contributed by atoms with van der Waals surface area (Å²) in [6.07, 6.45) is 0.624. The Morgan fingerprint density at radius 1 is 1.41 bits per heavy atom. The molecule has 6 heteroatoms. The largest absolute Gasteiger partial charge is 0.492 e. The number of halogens is 3. The van der Waals surface area contributed by atoms with Gasteiger partial charge in [-0.25, -0.2) is 0 Å². The van der Waals surface area contributed by atoms with Gasteiger partial charge < -0.3 is 4.74 Å². The van der Waals surface area contributed by atoms with E-state index in [0.717, 1.165) is 5.56 Å². The molecule has 17 heavy (non-hydrogen) atoms. The number of hydrogen-bond donors (Lipinski definition) is 0. The molecule has 1 aromatic rings. The first-order valence-corrected chi connectivity index (χ1v) is 5.81. The molecule has 1 rings (SSSR count). The molecule has 0 bridgehead atoms. The quantitative estimate of drug-likeness (QED) is 0.602. The van der Waals surface area contributed by atoms with E-state index >= 15 is 0 Å². The van der Waals surface area contributed by atoms with Crippen LogP contribution in [0.15, 0.2) is 18.2 Å². The van der Waals surface area contributed by atoms with Crippen molar-refractivity contribution < 1.29 is 22.7 Å². The van der Waals surface area contributed by atoms with E-state index in [9.17, 15) is 18.0 Å². The van der Waals surface area contributed by atoms with Gasteiger partial charge in [-0.3, -0.25) is 4.79 Å². The van der Waals surface area contributed by atoms with Crippen LogP contribution in [0, 0.1) is 6.92 Å². The number of hydrogen-bond acceptors (Lipinski definition) is 3. The fourth-order valence-electron chi connectivity index (χ4n) is 1.27. The molecule has 0 saturated carbocycles. The summed E-state index contributed by atoms with van der Waals surface area (Å²) in [5, 5.41) is 0. The van der Waals surface area contributed by atoms with Crippen LogP contribution in [-0.4, -0.2) is 24.2 Å². The number of alkyl halides is 3. The first-order chi connectivity index (χ1) is 7.94. The fraction of sp³-hybridized carbons (Fsp3) is 0.364. The Balaban J connectivity index is 2.54. The minimum absolute atomic E-state index is 0.0874. The number of aldehydes is 1. The highest BCUT2D eigenvalue weighted by Crippen LogP contribution is 2.30. The number of ether oxygens (including phenoxy) is 1. The Labute approximate surface area is 101 Å². The molecule has 0 atom stereocenters. The average molecular weight is 264 g/mol. The Hall–Kier alpha value is -1.17. The van der Waals surface area contributed by atoms with Crippen LogP contribution in [0.1, 0.15) is 15.9 Å². The highest BCUT2D eigenvalue weighted by Gasteiger charge is 2.27. The topological polar surface area (TPSA) is 26.3 Å². The second-order valence-electron chi connectivity index (χ2n) is 3.25. The van der Waals surface area contributed by atoms with E-state index in [2.05, 4.69) is 0 Å².